The molecular formula is C14H26N2O4. The Labute approximate surface area is 120 Å². The van der Waals surface area contributed by atoms with Crippen molar-refractivity contribution in [3.8, 4) is 0 Å². The number of ether oxygens (including phenoxy) is 1. The van der Waals surface area contributed by atoms with Gasteiger partial charge in [-0.3, -0.25) is 9.69 Å². The van der Waals surface area contributed by atoms with Crippen molar-refractivity contribution in [1.82, 2.24) is 10.2 Å². The largest absolute Gasteiger partial charge is 0.480 e. The molecule has 2 heterocycles. The second-order valence-electron chi connectivity index (χ2n) is 6.12. The number of likely N-dealkylation sites (tertiary alicyclic amines) is 1. The number of nitrogens with zero attached hydrogens (tertiary/aromatic N) is 1. The summed E-state index contributed by atoms with van der Waals surface area (Å²) in [5.41, 5.74) is 0. The number of aliphatic hydroxyl groups is 1. The first-order chi connectivity index (χ1) is 9.43. The number of carboxylic acid groups (broad SMARTS) is 1. The van der Waals surface area contributed by atoms with Gasteiger partial charge in [-0.1, -0.05) is 6.92 Å². The Morgan fingerprint density at radius 3 is 2.30 bits per heavy atom. The Bertz CT molecular complexity index is 340. The minimum Gasteiger partial charge on any atom is -0.480 e. The molecule has 3 N–H and O–H groups in total. The number of carbonyl (C=O) groups is 1. The van der Waals surface area contributed by atoms with Crippen molar-refractivity contribution in [2.45, 2.75) is 57.1 Å². The average molecular weight is 286 g/mol. The van der Waals surface area contributed by atoms with Gasteiger partial charge >= 0.3 is 5.97 Å². The van der Waals surface area contributed by atoms with Gasteiger partial charge in [0.15, 0.2) is 0 Å². The third-order valence-corrected chi connectivity index (χ3v) is 4.72. The molecule has 2 rings (SSSR count). The van der Waals surface area contributed by atoms with Crippen molar-refractivity contribution < 1.29 is 19.7 Å². The maximum Gasteiger partial charge on any atom is 0.321 e. The number of fused-ring (bicyclic) bond motifs is 2. The number of aliphatic carboxylic acids is 1. The van der Waals surface area contributed by atoms with E-state index >= 15 is 0 Å². The van der Waals surface area contributed by atoms with E-state index in [1.807, 2.05) is 18.7 Å². The van der Waals surface area contributed by atoms with E-state index in [2.05, 4.69) is 5.32 Å². The number of nitrogens with one attached hydrogen (secondary N) is 1. The molecule has 2 aliphatic rings. The molecule has 0 aromatic carbocycles. The van der Waals surface area contributed by atoms with Crippen LogP contribution < -0.4 is 5.32 Å². The number of hydrogen-bond donors (Lipinski definition) is 3. The predicted octanol–water partition coefficient (Wildman–Crippen LogP) is -0.0923. The fraction of sp³-hybridized carbons (Fsp3) is 0.929. The highest BCUT2D eigenvalue weighted by Gasteiger charge is 2.42. The Kier molecular flexibility index (Phi) is 5.01. The third kappa shape index (κ3) is 3.14. The van der Waals surface area contributed by atoms with E-state index < -0.39 is 18.1 Å². The highest BCUT2D eigenvalue weighted by molar-refractivity contribution is 5.74. The van der Waals surface area contributed by atoms with Gasteiger partial charge in [-0.15, -0.1) is 0 Å². The first-order valence-electron chi connectivity index (χ1n) is 7.41. The van der Waals surface area contributed by atoms with Gasteiger partial charge in [-0.2, -0.15) is 0 Å². The fourth-order valence-corrected chi connectivity index (χ4v) is 3.40. The predicted molar refractivity (Wildman–Crippen MR) is 74.6 cm³/mol. The minimum absolute atomic E-state index is 0.135. The van der Waals surface area contributed by atoms with Gasteiger partial charge in [0.2, 0.25) is 0 Å². The van der Waals surface area contributed by atoms with Crippen LogP contribution in [0.3, 0.4) is 0 Å². The molecule has 0 amide bonds. The maximum absolute atomic E-state index is 11.7. The van der Waals surface area contributed by atoms with E-state index in [-0.39, 0.29) is 24.2 Å². The fourth-order valence-electron chi connectivity index (χ4n) is 3.40. The third-order valence-electron chi connectivity index (χ3n) is 4.72. The molecule has 0 aromatic rings. The van der Waals surface area contributed by atoms with E-state index in [0.717, 1.165) is 12.8 Å². The summed E-state index contributed by atoms with van der Waals surface area (Å²) < 4.78 is 5.76. The molecule has 0 saturated carbocycles. The summed E-state index contributed by atoms with van der Waals surface area (Å²) in [5.74, 6) is -1.20. The molecule has 0 aromatic heterocycles. The molecule has 6 nitrogen and oxygen atoms in total. The first kappa shape index (κ1) is 15.7. The minimum atomic E-state index is -0.860. The average Bonchev–Trinajstić information content (AvgIpc) is 2.75. The Morgan fingerprint density at radius 2 is 1.85 bits per heavy atom. The van der Waals surface area contributed by atoms with Crippen LogP contribution in [0.1, 0.15) is 26.7 Å². The molecule has 0 aliphatic carbocycles. The summed E-state index contributed by atoms with van der Waals surface area (Å²) in [5, 5.41) is 22.9. The van der Waals surface area contributed by atoms with Crippen LogP contribution in [0.25, 0.3) is 0 Å². The zero-order valence-corrected chi connectivity index (χ0v) is 12.5. The lowest BCUT2D eigenvalue weighted by Crippen LogP contribution is -2.57. The van der Waals surface area contributed by atoms with Crippen molar-refractivity contribution in [1.29, 1.82) is 0 Å². The van der Waals surface area contributed by atoms with Crippen LogP contribution >= 0.6 is 0 Å². The molecular weight excluding hydrogens is 260 g/mol. The summed E-state index contributed by atoms with van der Waals surface area (Å²) in [7, 11) is 1.77. The SMILES string of the molecule is CN[C@@H](C)[C@H](O)[C@H](C)C(C(=O)O)N1CC2CCC(C1)O2. The summed E-state index contributed by atoms with van der Waals surface area (Å²) in [6.45, 7) is 4.98. The molecule has 2 saturated heterocycles. The first-order valence-corrected chi connectivity index (χ1v) is 7.41. The molecule has 2 bridgehead atoms. The summed E-state index contributed by atoms with van der Waals surface area (Å²) in [6, 6.07) is -0.794. The molecule has 3 unspecified atom stereocenters. The van der Waals surface area contributed by atoms with E-state index in [0.29, 0.717) is 13.1 Å². The van der Waals surface area contributed by atoms with Gasteiger partial charge in [0.1, 0.15) is 6.04 Å². The van der Waals surface area contributed by atoms with Crippen LogP contribution in [-0.4, -0.2) is 71.6 Å². The second kappa shape index (κ2) is 6.39. The highest BCUT2D eigenvalue weighted by Crippen LogP contribution is 2.30. The molecule has 6 heteroatoms. The van der Waals surface area contributed by atoms with Crippen LogP contribution in [0.15, 0.2) is 0 Å². The molecule has 0 radical (unpaired) electrons. The number of carboxylic acids is 1. The van der Waals surface area contributed by atoms with Crippen molar-refractivity contribution in [3.63, 3.8) is 0 Å². The topological polar surface area (TPSA) is 82.0 Å². The zero-order chi connectivity index (χ0) is 14.9. The summed E-state index contributed by atoms with van der Waals surface area (Å²) in [6.07, 6.45) is 1.64. The van der Waals surface area contributed by atoms with Gasteiger partial charge in [-0.25, -0.2) is 0 Å². The standard InChI is InChI=1S/C14H26N2O4/c1-8(13(17)9(2)15-3)12(14(18)19)16-6-10-4-5-11(7-16)20-10/h8-13,15,17H,4-7H2,1-3H3,(H,18,19)/t8-,9+,10?,11?,12?,13-/m1/s1. The normalized spacial score (nSPS) is 32.6. The van der Waals surface area contributed by atoms with Crippen LogP contribution in [0.5, 0.6) is 0 Å². The van der Waals surface area contributed by atoms with Crippen molar-refractivity contribution in [2.24, 2.45) is 5.92 Å². The smallest absolute Gasteiger partial charge is 0.321 e. The highest BCUT2D eigenvalue weighted by atomic mass is 16.5. The Morgan fingerprint density at radius 1 is 1.30 bits per heavy atom. The van der Waals surface area contributed by atoms with Crippen molar-refractivity contribution in [2.75, 3.05) is 20.1 Å². The monoisotopic (exact) mass is 286 g/mol. The lowest BCUT2D eigenvalue weighted by molar-refractivity contribution is -0.153. The molecule has 0 spiro atoms. The van der Waals surface area contributed by atoms with Crippen molar-refractivity contribution >= 4 is 5.97 Å². The quantitative estimate of drug-likeness (QED) is 0.633. The van der Waals surface area contributed by atoms with E-state index in [9.17, 15) is 15.0 Å². The Balaban J connectivity index is 2.08. The molecule has 2 fully saturated rings. The number of likely N-dealkylation sites (N-methyl/N-ethyl adjacent to an activating group) is 1. The van der Waals surface area contributed by atoms with Crippen molar-refractivity contribution in [3.05, 3.63) is 0 Å². The van der Waals surface area contributed by atoms with Crippen LogP contribution in [0, 0.1) is 5.92 Å². The molecule has 20 heavy (non-hydrogen) atoms. The molecule has 6 atom stereocenters. The second-order valence-corrected chi connectivity index (χ2v) is 6.12. The molecule has 116 valence electrons. The van der Waals surface area contributed by atoms with E-state index in [4.69, 9.17) is 4.74 Å². The number of aliphatic hydroxyl groups excluding tert-OH is 1. The zero-order valence-electron chi connectivity index (χ0n) is 12.5. The lowest BCUT2D eigenvalue weighted by atomic mass is 9.90. The maximum atomic E-state index is 11.7. The van der Waals surface area contributed by atoms with Gasteiger partial charge in [-0.05, 0) is 26.8 Å². The summed E-state index contributed by atoms with van der Waals surface area (Å²) >= 11 is 0. The van der Waals surface area contributed by atoms with E-state index in [1.165, 1.54) is 0 Å². The van der Waals surface area contributed by atoms with E-state index in [1.54, 1.807) is 7.05 Å². The number of rotatable bonds is 6. The van der Waals surface area contributed by atoms with Gasteiger partial charge in [0.05, 0.1) is 18.3 Å². The van der Waals surface area contributed by atoms with Gasteiger partial charge in [0.25, 0.3) is 0 Å². The molecule has 2 aliphatic heterocycles. The number of hydrogen-bond acceptors (Lipinski definition) is 5. The Hall–Kier alpha value is -0.690. The van der Waals surface area contributed by atoms with Gasteiger partial charge < -0.3 is 20.3 Å². The lowest BCUT2D eigenvalue weighted by Gasteiger charge is -2.40. The van der Waals surface area contributed by atoms with Crippen LogP contribution in [0.2, 0.25) is 0 Å². The van der Waals surface area contributed by atoms with Crippen LogP contribution in [0.4, 0.5) is 0 Å². The van der Waals surface area contributed by atoms with Gasteiger partial charge in [0, 0.05) is 25.0 Å². The number of morpholine rings is 1. The summed E-state index contributed by atoms with van der Waals surface area (Å²) in [4.78, 5) is 13.7. The van der Waals surface area contributed by atoms with Crippen LogP contribution in [-0.2, 0) is 9.53 Å².